The number of carbonyl (C=O) groups is 1. The van der Waals surface area contributed by atoms with Gasteiger partial charge in [-0.3, -0.25) is 9.36 Å². The summed E-state index contributed by atoms with van der Waals surface area (Å²) in [6.45, 7) is 0.618. The summed E-state index contributed by atoms with van der Waals surface area (Å²) in [5.41, 5.74) is -0.181. The molecule has 8 heteroatoms. The Balaban J connectivity index is 1.57. The lowest BCUT2D eigenvalue weighted by Crippen LogP contribution is -2.27. The van der Waals surface area contributed by atoms with Crippen molar-refractivity contribution in [2.45, 2.75) is 30.6 Å². The number of aromatic amines is 1. The van der Waals surface area contributed by atoms with Gasteiger partial charge >= 0.3 is 5.69 Å². The first kappa shape index (κ1) is 14.4. The number of nitrogens with one attached hydrogen (secondary N) is 1. The molecule has 1 amide bonds. The fraction of sp³-hybridized carbons (Fsp3) is 0.462. The maximum absolute atomic E-state index is 12.1. The molecule has 1 aliphatic carbocycles. The quantitative estimate of drug-likeness (QED) is 0.821. The number of aromatic nitrogens is 3. The first-order valence-corrected chi connectivity index (χ1v) is 8.57. The van der Waals surface area contributed by atoms with E-state index in [4.69, 9.17) is 0 Å². The zero-order valence-electron chi connectivity index (χ0n) is 11.6. The molecule has 0 saturated heterocycles. The second kappa shape index (κ2) is 6.07. The molecule has 1 aliphatic rings. The minimum Gasteiger partial charge on any atom is -0.340 e. The van der Waals surface area contributed by atoms with Gasteiger partial charge in [-0.25, -0.2) is 9.89 Å². The fourth-order valence-electron chi connectivity index (χ4n) is 2.01. The SMILES string of the molecule is CN(Cc1cccs1)C(=O)CSc1n[nH]c(=O)n1C1CC1. The first-order valence-electron chi connectivity index (χ1n) is 6.71. The molecule has 6 nitrogen and oxygen atoms in total. The van der Waals surface area contributed by atoms with Crippen LogP contribution in [-0.4, -0.2) is 38.4 Å². The van der Waals surface area contributed by atoms with Gasteiger partial charge in [0.15, 0.2) is 5.16 Å². The summed E-state index contributed by atoms with van der Waals surface area (Å²) in [5, 5.41) is 9.08. The van der Waals surface area contributed by atoms with Gasteiger partial charge in [0, 0.05) is 18.0 Å². The highest BCUT2D eigenvalue weighted by molar-refractivity contribution is 7.99. The molecule has 1 saturated carbocycles. The predicted octanol–water partition coefficient (Wildman–Crippen LogP) is 1.72. The average Bonchev–Trinajstić information content (AvgIpc) is 3.04. The van der Waals surface area contributed by atoms with Crippen molar-refractivity contribution in [1.82, 2.24) is 19.7 Å². The van der Waals surface area contributed by atoms with Crippen molar-refractivity contribution in [3.05, 3.63) is 32.9 Å². The summed E-state index contributed by atoms with van der Waals surface area (Å²) in [4.78, 5) is 26.6. The largest absolute Gasteiger partial charge is 0.344 e. The standard InChI is InChI=1S/C13H16N4O2S2/c1-16(7-10-3-2-6-20-10)11(18)8-21-13-15-14-12(19)17(13)9-4-5-9/h2-3,6,9H,4-5,7-8H2,1H3,(H,14,19). The van der Waals surface area contributed by atoms with E-state index in [1.54, 1.807) is 27.9 Å². The van der Waals surface area contributed by atoms with Crippen LogP contribution < -0.4 is 5.69 Å². The van der Waals surface area contributed by atoms with E-state index in [-0.39, 0.29) is 17.6 Å². The average molecular weight is 324 g/mol. The molecule has 1 fully saturated rings. The van der Waals surface area contributed by atoms with Crippen molar-refractivity contribution < 1.29 is 4.79 Å². The number of amides is 1. The van der Waals surface area contributed by atoms with Crippen LogP contribution in [0.15, 0.2) is 27.5 Å². The predicted molar refractivity (Wildman–Crippen MR) is 82.6 cm³/mol. The van der Waals surface area contributed by atoms with Crippen LogP contribution in [0.4, 0.5) is 0 Å². The summed E-state index contributed by atoms with van der Waals surface area (Å²) in [7, 11) is 1.79. The Morgan fingerprint density at radius 1 is 1.62 bits per heavy atom. The number of carbonyl (C=O) groups excluding carboxylic acids is 1. The molecular formula is C13H16N4O2S2. The maximum atomic E-state index is 12.1. The van der Waals surface area contributed by atoms with Gasteiger partial charge < -0.3 is 4.90 Å². The van der Waals surface area contributed by atoms with E-state index in [0.717, 1.165) is 17.7 Å². The van der Waals surface area contributed by atoms with E-state index >= 15 is 0 Å². The maximum Gasteiger partial charge on any atom is 0.344 e. The number of hydrogen-bond donors (Lipinski definition) is 1. The van der Waals surface area contributed by atoms with Crippen molar-refractivity contribution in [1.29, 1.82) is 0 Å². The van der Waals surface area contributed by atoms with E-state index in [1.165, 1.54) is 11.8 Å². The van der Waals surface area contributed by atoms with E-state index < -0.39 is 0 Å². The molecule has 0 spiro atoms. The summed E-state index contributed by atoms with van der Waals surface area (Å²) in [6.07, 6.45) is 2.03. The van der Waals surface area contributed by atoms with Crippen molar-refractivity contribution in [3.8, 4) is 0 Å². The number of nitrogens with zero attached hydrogens (tertiary/aromatic N) is 3. The molecule has 2 aromatic heterocycles. The van der Waals surface area contributed by atoms with Gasteiger partial charge in [0.2, 0.25) is 5.91 Å². The molecule has 2 heterocycles. The second-order valence-corrected chi connectivity index (χ2v) is 7.01. The van der Waals surface area contributed by atoms with Crippen LogP contribution in [0.25, 0.3) is 0 Å². The Labute approximate surface area is 130 Å². The van der Waals surface area contributed by atoms with Crippen LogP contribution in [-0.2, 0) is 11.3 Å². The Kier molecular flexibility index (Phi) is 4.16. The van der Waals surface area contributed by atoms with Crippen molar-refractivity contribution in [2.24, 2.45) is 0 Å². The van der Waals surface area contributed by atoms with Crippen molar-refractivity contribution in [2.75, 3.05) is 12.8 Å². The Morgan fingerprint density at radius 2 is 2.43 bits per heavy atom. The molecule has 0 unspecified atom stereocenters. The lowest BCUT2D eigenvalue weighted by atomic mass is 10.4. The summed E-state index contributed by atoms with van der Waals surface area (Å²) in [5.74, 6) is 0.324. The Bertz CT molecular complexity index is 673. The van der Waals surface area contributed by atoms with Gasteiger partial charge in [-0.1, -0.05) is 17.8 Å². The smallest absolute Gasteiger partial charge is 0.340 e. The van der Waals surface area contributed by atoms with Crippen LogP contribution in [0.2, 0.25) is 0 Å². The monoisotopic (exact) mass is 324 g/mol. The highest BCUT2D eigenvalue weighted by Crippen LogP contribution is 2.36. The molecule has 1 N–H and O–H groups in total. The van der Waals surface area contributed by atoms with Gasteiger partial charge in [-0.2, -0.15) is 0 Å². The Hall–Kier alpha value is -1.54. The van der Waals surface area contributed by atoms with Crippen LogP contribution in [0, 0.1) is 0 Å². The van der Waals surface area contributed by atoms with Crippen molar-refractivity contribution >= 4 is 29.0 Å². The highest BCUT2D eigenvalue weighted by atomic mass is 32.2. The third-order valence-corrected chi connectivity index (χ3v) is 5.11. The second-order valence-electron chi connectivity index (χ2n) is 5.03. The third-order valence-electron chi connectivity index (χ3n) is 3.31. The van der Waals surface area contributed by atoms with E-state index in [1.807, 2.05) is 17.5 Å². The van der Waals surface area contributed by atoms with Gasteiger partial charge in [-0.15, -0.1) is 16.4 Å². The van der Waals surface area contributed by atoms with Gasteiger partial charge in [0.25, 0.3) is 0 Å². The number of thioether (sulfide) groups is 1. The van der Waals surface area contributed by atoms with Crippen LogP contribution in [0.1, 0.15) is 23.8 Å². The topological polar surface area (TPSA) is 71.0 Å². The number of thiophene rings is 1. The number of rotatable bonds is 6. The molecule has 3 rings (SSSR count). The summed E-state index contributed by atoms with van der Waals surface area (Å²) >= 11 is 2.96. The van der Waals surface area contributed by atoms with Crippen molar-refractivity contribution in [3.63, 3.8) is 0 Å². The zero-order valence-corrected chi connectivity index (χ0v) is 13.2. The molecule has 0 radical (unpaired) electrons. The molecular weight excluding hydrogens is 308 g/mol. The zero-order chi connectivity index (χ0) is 14.8. The summed E-state index contributed by atoms with van der Waals surface area (Å²) < 4.78 is 1.66. The Morgan fingerprint density at radius 3 is 3.10 bits per heavy atom. The molecule has 0 aromatic carbocycles. The van der Waals surface area contributed by atoms with Gasteiger partial charge in [-0.05, 0) is 24.3 Å². The minimum absolute atomic E-state index is 0.0335. The fourth-order valence-corrected chi connectivity index (χ4v) is 3.72. The molecule has 0 atom stereocenters. The highest BCUT2D eigenvalue weighted by Gasteiger charge is 2.28. The lowest BCUT2D eigenvalue weighted by molar-refractivity contribution is -0.127. The number of H-pyrrole nitrogens is 1. The first-order chi connectivity index (χ1) is 10.1. The number of hydrogen-bond acceptors (Lipinski definition) is 5. The summed E-state index contributed by atoms with van der Waals surface area (Å²) in [6, 6.07) is 4.25. The van der Waals surface area contributed by atoms with Gasteiger partial charge in [0.05, 0.1) is 12.3 Å². The third kappa shape index (κ3) is 3.38. The van der Waals surface area contributed by atoms with Crippen LogP contribution in [0.5, 0.6) is 0 Å². The lowest BCUT2D eigenvalue weighted by Gasteiger charge is -2.15. The van der Waals surface area contributed by atoms with Crippen LogP contribution >= 0.6 is 23.1 Å². The molecule has 112 valence electrons. The van der Waals surface area contributed by atoms with E-state index in [2.05, 4.69) is 10.2 Å². The van der Waals surface area contributed by atoms with Crippen LogP contribution in [0.3, 0.4) is 0 Å². The molecule has 2 aromatic rings. The molecule has 21 heavy (non-hydrogen) atoms. The van der Waals surface area contributed by atoms with E-state index in [9.17, 15) is 9.59 Å². The molecule has 0 aliphatic heterocycles. The minimum atomic E-state index is -0.181. The van der Waals surface area contributed by atoms with E-state index in [0.29, 0.717) is 17.5 Å². The normalized spacial score (nSPS) is 14.3. The molecule has 0 bridgehead atoms. The van der Waals surface area contributed by atoms with Gasteiger partial charge in [0.1, 0.15) is 0 Å².